The number of aryl methyl sites for hydroxylation is 1. The van der Waals surface area contributed by atoms with Gasteiger partial charge in [0.1, 0.15) is 5.76 Å². The van der Waals surface area contributed by atoms with Crippen molar-refractivity contribution in [1.29, 1.82) is 0 Å². The average molecular weight is 176 g/mol. The van der Waals surface area contributed by atoms with E-state index in [1.807, 2.05) is 6.92 Å². The van der Waals surface area contributed by atoms with Crippen LogP contribution in [0.3, 0.4) is 0 Å². The molecule has 1 aromatic rings. The molecule has 0 amide bonds. The zero-order chi connectivity index (χ0) is 5.98. The summed E-state index contributed by atoms with van der Waals surface area (Å²) in [5.74, 6) is 1.60. The Hall–Kier alpha value is -0.310. The van der Waals surface area contributed by atoms with Crippen molar-refractivity contribution in [3.05, 3.63) is 17.8 Å². The first-order valence-corrected chi connectivity index (χ1v) is 3.42. The van der Waals surface area contributed by atoms with Crippen molar-refractivity contribution in [2.45, 2.75) is 12.3 Å². The minimum absolute atomic E-state index is 0.722. The molecule has 0 saturated carbocycles. The lowest BCUT2D eigenvalue weighted by molar-refractivity contribution is 0.492. The fourth-order valence-electron chi connectivity index (χ4n) is 0.467. The number of rotatable bonds is 1. The number of aromatic nitrogens is 1. The van der Waals surface area contributed by atoms with E-state index < -0.39 is 0 Å². The molecule has 2 nitrogen and oxygen atoms in total. The molecule has 0 aliphatic heterocycles. The van der Waals surface area contributed by atoms with Gasteiger partial charge in [-0.1, -0.05) is 15.9 Å². The smallest absolute Gasteiger partial charge is 0.191 e. The van der Waals surface area contributed by atoms with Gasteiger partial charge in [0.05, 0.1) is 11.5 Å². The fourth-order valence-corrected chi connectivity index (χ4v) is 0.726. The molecule has 0 unspecified atom stereocenters. The van der Waals surface area contributed by atoms with Crippen LogP contribution in [0.5, 0.6) is 0 Å². The lowest BCUT2D eigenvalue weighted by Gasteiger charge is -1.79. The second-order valence-corrected chi connectivity index (χ2v) is 2.04. The molecule has 0 spiro atoms. The summed E-state index contributed by atoms with van der Waals surface area (Å²) in [4.78, 5) is 3.89. The van der Waals surface area contributed by atoms with Gasteiger partial charge >= 0.3 is 0 Å². The molecule has 0 aliphatic carbocycles. The average Bonchev–Trinajstić information content (AvgIpc) is 2.14. The van der Waals surface area contributed by atoms with Crippen molar-refractivity contribution < 1.29 is 4.42 Å². The summed E-state index contributed by atoms with van der Waals surface area (Å²) in [5, 5.41) is 0.744. The lowest BCUT2D eigenvalue weighted by atomic mass is 10.6. The highest BCUT2D eigenvalue weighted by Crippen LogP contribution is 2.05. The number of hydrogen-bond acceptors (Lipinski definition) is 2. The molecule has 0 N–H and O–H groups in total. The predicted octanol–water partition coefficient (Wildman–Crippen LogP) is 1.88. The van der Waals surface area contributed by atoms with Crippen LogP contribution in [0.2, 0.25) is 0 Å². The molecule has 0 aromatic carbocycles. The van der Waals surface area contributed by atoms with Gasteiger partial charge < -0.3 is 4.42 Å². The normalized spacial score (nSPS) is 9.75. The third-order valence-corrected chi connectivity index (χ3v) is 1.35. The molecule has 0 fully saturated rings. The van der Waals surface area contributed by atoms with Crippen molar-refractivity contribution in [2.75, 3.05) is 0 Å². The minimum atomic E-state index is 0.722. The summed E-state index contributed by atoms with van der Waals surface area (Å²) in [6, 6.07) is 0. The first kappa shape index (κ1) is 5.82. The van der Waals surface area contributed by atoms with E-state index in [-0.39, 0.29) is 0 Å². The Morgan fingerprint density at radius 3 is 2.88 bits per heavy atom. The number of nitrogens with zero attached hydrogens (tertiary/aromatic N) is 1. The Morgan fingerprint density at radius 2 is 2.62 bits per heavy atom. The molecule has 0 aliphatic rings. The van der Waals surface area contributed by atoms with Crippen LogP contribution in [0, 0.1) is 6.92 Å². The maximum atomic E-state index is 5.07. The Labute approximate surface area is 56.0 Å². The van der Waals surface area contributed by atoms with Crippen LogP contribution < -0.4 is 0 Å². The maximum absolute atomic E-state index is 5.07. The van der Waals surface area contributed by atoms with Gasteiger partial charge in [-0.05, 0) is 0 Å². The van der Waals surface area contributed by atoms with E-state index >= 15 is 0 Å². The Kier molecular flexibility index (Phi) is 1.68. The van der Waals surface area contributed by atoms with E-state index in [1.165, 1.54) is 0 Å². The molecular weight excluding hydrogens is 170 g/mol. The second kappa shape index (κ2) is 2.31. The zero-order valence-corrected chi connectivity index (χ0v) is 6.10. The predicted molar refractivity (Wildman–Crippen MR) is 33.9 cm³/mol. The van der Waals surface area contributed by atoms with Gasteiger partial charge in [-0.25, -0.2) is 4.98 Å². The maximum Gasteiger partial charge on any atom is 0.191 e. The summed E-state index contributed by atoms with van der Waals surface area (Å²) in [5.41, 5.74) is 0. The van der Waals surface area contributed by atoms with Gasteiger partial charge in [-0.2, -0.15) is 0 Å². The van der Waals surface area contributed by atoms with E-state index in [0.29, 0.717) is 0 Å². The number of hydrogen-bond donors (Lipinski definition) is 0. The summed E-state index contributed by atoms with van der Waals surface area (Å²) < 4.78 is 5.07. The third kappa shape index (κ3) is 1.10. The Morgan fingerprint density at radius 1 is 1.88 bits per heavy atom. The molecule has 0 bridgehead atoms. The largest absolute Gasteiger partial charge is 0.445 e. The third-order valence-electron chi connectivity index (χ3n) is 0.801. The quantitative estimate of drug-likeness (QED) is 0.610. The molecule has 0 radical (unpaired) electrons. The van der Waals surface area contributed by atoms with Gasteiger partial charge in [0.15, 0.2) is 5.89 Å². The highest BCUT2D eigenvalue weighted by atomic mass is 79.9. The molecule has 0 atom stereocenters. The van der Waals surface area contributed by atoms with Crippen LogP contribution in [0.4, 0.5) is 0 Å². The van der Waals surface area contributed by atoms with Gasteiger partial charge in [-0.3, -0.25) is 0 Å². The first-order valence-electron chi connectivity index (χ1n) is 2.30. The van der Waals surface area contributed by atoms with E-state index in [0.717, 1.165) is 17.0 Å². The molecule has 1 heterocycles. The van der Waals surface area contributed by atoms with Crippen molar-refractivity contribution in [3.8, 4) is 0 Å². The summed E-state index contributed by atoms with van der Waals surface area (Å²) in [6.07, 6.45) is 1.71. The lowest BCUT2D eigenvalue weighted by Crippen LogP contribution is -1.63. The standard InChI is InChI=1S/C5H6BrNO/c1-4-7-3-5(2-6)8-4/h3H,2H2,1H3. The SMILES string of the molecule is Cc1ncc(CBr)o1. The fraction of sp³-hybridized carbons (Fsp3) is 0.400. The van der Waals surface area contributed by atoms with Crippen LogP contribution in [0.25, 0.3) is 0 Å². The van der Waals surface area contributed by atoms with Crippen molar-refractivity contribution >= 4 is 15.9 Å². The Bertz CT molecular complexity index is 173. The summed E-state index contributed by atoms with van der Waals surface area (Å²) in [7, 11) is 0. The minimum Gasteiger partial charge on any atom is -0.445 e. The van der Waals surface area contributed by atoms with Crippen LogP contribution in [0.15, 0.2) is 10.6 Å². The number of halogens is 1. The topological polar surface area (TPSA) is 26.0 Å². The van der Waals surface area contributed by atoms with Crippen molar-refractivity contribution in [1.82, 2.24) is 4.98 Å². The molecule has 0 saturated heterocycles. The van der Waals surface area contributed by atoms with Crippen LogP contribution >= 0.6 is 15.9 Å². The summed E-state index contributed by atoms with van der Waals surface area (Å²) in [6.45, 7) is 1.83. The monoisotopic (exact) mass is 175 g/mol. The highest BCUT2D eigenvalue weighted by molar-refractivity contribution is 9.08. The van der Waals surface area contributed by atoms with Crippen LogP contribution in [-0.4, -0.2) is 4.98 Å². The molecule has 8 heavy (non-hydrogen) atoms. The first-order chi connectivity index (χ1) is 3.83. The molecule has 44 valence electrons. The second-order valence-electron chi connectivity index (χ2n) is 1.48. The van der Waals surface area contributed by atoms with E-state index in [4.69, 9.17) is 4.42 Å². The molecule has 1 aromatic heterocycles. The number of alkyl halides is 1. The van der Waals surface area contributed by atoms with Gasteiger partial charge in [0.25, 0.3) is 0 Å². The highest BCUT2D eigenvalue weighted by Gasteiger charge is 1.93. The molecule has 3 heteroatoms. The van der Waals surface area contributed by atoms with E-state index in [2.05, 4.69) is 20.9 Å². The zero-order valence-electron chi connectivity index (χ0n) is 4.52. The van der Waals surface area contributed by atoms with Crippen LogP contribution in [0.1, 0.15) is 11.7 Å². The van der Waals surface area contributed by atoms with Gasteiger partial charge in [0.2, 0.25) is 0 Å². The van der Waals surface area contributed by atoms with Gasteiger partial charge in [-0.15, -0.1) is 0 Å². The Balaban J connectivity index is 2.84. The van der Waals surface area contributed by atoms with E-state index in [9.17, 15) is 0 Å². The van der Waals surface area contributed by atoms with Gasteiger partial charge in [0, 0.05) is 6.92 Å². The molecular formula is C5H6BrNO. The number of oxazole rings is 1. The molecule has 1 rings (SSSR count). The van der Waals surface area contributed by atoms with Crippen LogP contribution in [-0.2, 0) is 5.33 Å². The summed E-state index contributed by atoms with van der Waals surface area (Å²) >= 11 is 3.24. The van der Waals surface area contributed by atoms with Crippen molar-refractivity contribution in [3.63, 3.8) is 0 Å². The van der Waals surface area contributed by atoms with E-state index in [1.54, 1.807) is 6.20 Å². The van der Waals surface area contributed by atoms with Crippen molar-refractivity contribution in [2.24, 2.45) is 0 Å².